The highest BCUT2D eigenvalue weighted by atomic mass is 32.2. The van der Waals surface area contributed by atoms with Gasteiger partial charge in [-0.2, -0.15) is 13.5 Å². The van der Waals surface area contributed by atoms with E-state index in [0.29, 0.717) is 11.4 Å². The molecular formula is C10H13N3O4S. The smallest absolute Gasteiger partial charge is 0.294 e. The van der Waals surface area contributed by atoms with Crippen LogP contribution in [0.2, 0.25) is 0 Å². The third kappa shape index (κ3) is 4.52. The molecule has 1 amide bonds. The fourth-order valence-electron chi connectivity index (χ4n) is 1.15. The van der Waals surface area contributed by atoms with Gasteiger partial charge in [-0.25, -0.2) is 0 Å². The minimum atomic E-state index is -4.19. The highest BCUT2D eigenvalue weighted by molar-refractivity contribution is 7.85. The van der Waals surface area contributed by atoms with Crippen LogP contribution in [0.4, 0.5) is 5.69 Å². The average molecular weight is 271 g/mol. The van der Waals surface area contributed by atoms with Crippen molar-refractivity contribution in [2.75, 3.05) is 5.43 Å². The SMILES string of the molecule is C/C(CC(N)=O)=N\Nc1ccc(S(=O)(=O)O)cc1. The van der Waals surface area contributed by atoms with Crippen LogP contribution in [0, 0.1) is 0 Å². The molecule has 0 saturated heterocycles. The van der Waals surface area contributed by atoms with E-state index < -0.39 is 16.0 Å². The summed E-state index contributed by atoms with van der Waals surface area (Å²) in [7, 11) is -4.19. The van der Waals surface area contributed by atoms with Gasteiger partial charge >= 0.3 is 0 Å². The summed E-state index contributed by atoms with van der Waals surface area (Å²) in [4.78, 5) is 10.4. The van der Waals surface area contributed by atoms with E-state index in [4.69, 9.17) is 10.3 Å². The molecule has 0 atom stereocenters. The van der Waals surface area contributed by atoms with Crippen LogP contribution in [-0.2, 0) is 14.9 Å². The monoisotopic (exact) mass is 271 g/mol. The molecule has 18 heavy (non-hydrogen) atoms. The molecule has 0 radical (unpaired) electrons. The molecule has 0 aliphatic rings. The van der Waals surface area contributed by atoms with Gasteiger partial charge in [-0.1, -0.05) is 0 Å². The quantitative estimate of drug-likeness (QED) is 0.411. The van der Waals surface area contributed by atoms with Gasteiger partial charge in [0.2, 0.25) is 5.91 Å². The lowest BCUT2D eigenvalue weighted by Crippen LogP contribution is -2.15. The van der Waals surface area contributed by atoms with E-state index in [-0.39, 0.29) is 11.3 Å². The van der Waals surface area contributed by atoms with Gasteiger partial charge in [0.15, 0.2) is 0 Å². The molecule has 0 aromatic heterocycles. The minimum Gasteiger partial charge on any atom is -0.369 e. The highest BCUT2D eigenvalue weighted by Gasteiger charge is 2.08. The average Bonchev–Trinajstić information content (AvgIpc) is 2.25. The Morgan fingerprint density at radius 3 is 2.39 bits per heavy atom. The van der Waals surface area contributed by atoms with Gasteiger partial charge in [-0.3, -0.25) is 14.8 Å². The van der Waals surface area contributed by atoms with Crippen molar-refractivity contribution in [3.05, 3.63) is 24.3 Å². The maximum Gasteiger partial charge on any atom is 0.294 e. The van der Waals surface area contributed by atoms with Crippen molar-refractivity contribution in [3.8, 4) is 0 Å². The first kappa shape index (κ1) is 14.1. The molecule has 0 aliphatic carbocycles. The zero-order valence-electron chi connectivity index (χ0n) is 9.62. The number of amides is 1. The predicted octanol–water partition coefficient (Wildman–Crippen LogP) is 0.597. The van der Waals surface area contributed by atoms with Crippen molar-refractivity contribution in [3.63, 3.8) is 0 Å². The first-order chi connectivity index (χ1) is 8.29. The number of nitrogens with two attached hydrogens (primary N) is 1. The number of carbonyl (C=O) groups is 1. The van der Waals surface area contributed by atoms with Gasteiger partial charge < -0.3 is 5.73 Å². The largest absolute Gasteiger partial charge is 0.369 e. The number of hydrogen-bond donors (Lipinski definition) is 3. The van der Waals surface area contributed by atoms with Crippen molar-refractivity contribution in [2.24, 2.45) is 10.8 Å². The van der Waals surface area contributed by atoms with Crippen LogP contribution in [-0.4, -0.2) is 24.6 Å². The summed E-state index contributed by atoms with van der Waals surface area (Å²) in [5.41, 5.74) is 8.64. The molecular weight excluding hydrogens is 258 g/mol. The second kappa shape index (κ2) is 5.61. The number of benzene rings is 1. The van der Waals surface area contributed by atoms with Crippen LogP contribution in [0.3, 0.4) is 0 Å². The van der Waals surface area contributed by atoms with Crippen LogP contribution in [0.25, 0.3) is 0 Å². The zero-order chi connectivity index (χ0) is 13.8. The number of anilines is 1. The topological polar surface area (TPSA) is 122 Å². The Kier molecular flexibility index (Phi) is 4.40. The Labute approximate surface area is 104 Å². The molecule has 8 heteroatoms. The second-order valence-corrected chi connectivity index (χ2v) is 5.02. The fraction of sp³-hybridized carbons (Fsp3) is 0.200. The van der Waals surface area contributed by atoms with Crippen molar-refractivity contribution in [2.45, 2.75) is 18.2 Å². The summed E-state index contributed by atoms with van der Waals surface area (Å²) in [6.07, 6.45) is 0.0378. The fourth-order valence-corrected chi connectivity index (χ4v) is 1.63. The van der Waals surface area contributed by atoms with Crippen LogP contribution in [0.5, 0.6) is 0 Å². The first-order valence-corrected chi connectivity index (χ1v) is 6.38. The number of primary amides is 1. The Hall–Kier alpha value is -1.93. The molecule has 0 bridgehead atoms. The second-order valence-electron chi connectivity index (χ2n) is 3.60. The Morgan fingerprint density at radius 1 is 1.39 bits per heavy atom. The van der Waals surface area contributed by atoms with Crippen LogP contribution < -0.4 is 11.2 Å². The van der Waals surface area contributed by atoms with Crippen molar-refractivity contribution < 1.29 is 17.8 Å². The van der Waals surface area contributed by atoms with E-state index >= 15 is 0 Å². The van der Waals surface area contributed by atoms with Gasteiger partial charge in [0.25, 0.3) is 10.1 Å². The van der Waals surface area contributed by atoms with Gasteiger partial charge in [0, 0.05) is 5.71 Å². The van der Waals surface area contributed by atoms with Crippen molar-refractivity contribution in [1.82, 2.24) is 0 Å². The number of nitrogens with one attached hydrogen (secondary N) is 1. The molecule has 0 unspecified atom stereocenters. The highest BCUT2D eigenvalue weighted by Crippen LogP contribution is 2.13. The lowest BCUT2D eigenvalue weighted by atomic mass is 10.3. The predicted molar refractivity (Wildman–Crippen MR) is 66.8 cm³/mol. The number of carbonyl (C=O) groups excluding carboxylic acids is 1. The normalized spacial score (nSPS) is 12.2. The van der Waals surface area contributed by atoms with E-state index in [1.807, 2.05) is 0 Å². The number of hydrazone groups is 1. The summed E-state index contributed by atoms with van der Waals surface area (Å²) in [5, 5.41) is 3.88. The molecule has 0 saturated carbocycles. The maximum atomic E-state index is 10.8. The van der Waals surface area contributed by atoms with Crippen LogP contribution in [0.1, 0.15) is 13.3 Å². The lowest BCUT2D eigenvalue weighted by molar-refractivity contribution is -0.116. The van der Waals surface area contributed by atoms with Gasteiger partial charge in [-0.05, 0) is 31.2 Å². The van der Waals surface area contributed by atoms with E-state index in [2.05, 4.69) is 10.5 Å². The number of rotatable bonds is 5. The molecule has 0 spiro atoms. The van der Waals surface area contributed by atoms with Crippen LogP contribution >= 0.6 is 0 Å². The van der Waals surface area contributed by atoms with E-state index in [1.165, 1.54) is 24.3 Å². The maximum absolute atomic E-state index is 10.8. The van der Waals surface area contributed by atoms with Crippen molar-refractivity contribution in [1.29, 1.82) is 0 Å². The van der Waals surface area contributed by atoms with Crippen LogP contribution in [0.15, 0.2) is 34.3 Å². The lowest BCUT2D eigenvalue weighted by Gasteiger charge is -2.03. The molecule has 0 heterocycles. The molecule has 0 fully saturated rings. The van der Waals surface area contributed by atoms with Gasteiger partial charge in [0.05, 0.1) is 17.0 Å². The Bertz CT molecular complexity index is 563. The summed E-state index contributed by atoms with van der Waals surface area (Å²) in [6.45, 7) is 1.63. The van der Waals surface area contributed by atoms with Gasteiger partial charge in [-0.15, -0.1) is 0 Å². The third-order valence-electron chi connectivity index (χ3n) is 1.96. The molecule has 7 nitrogen and oxygen atoms in total. The van der Waals surface area contributed by atoms with Gasteiger partial charge in [0.1, 0.15) is 0 Å². The first-order valence-electron chi connectivity index (χ1n) is 4.94. The molecule has 98 valence electrons. The Balaban J connectivity index is 2.73. The number of nitrogens with zero attached hydrogens (tertiary/aromatic N) is 1. The molecule has 1 aromatic carbocycles. The summed E-state index contributed by atoms with van der Waals surface area (Å²) < 4.78 is 30.3. The summed E-state index contributed by atoms with van der Waals surface area (Å²) >= 11 is 0. The third-order valence-corrected chi connectivity index (χ3v) is 2.83. The minimum absolute atomic E-state index is 0.0378. The standard InChI is InChI=1S/C10H13N3O4S/c1-7(6-10(11)14)12-13-8-2-4-9(5-3-8)18(15,16)17/h2-5,13H,6H2,1H3,(H2,11,14)(H,15,16,17)/b12-7+. The number of hydrogen-bond acceptors (Lipinski definition) is 5. The van der Waals surface area contributed by atoms with E-state index in [0.717, 1.165) is 0 Å². The van der Waals surface area contributed by atoms with E-state index in [9.17, 15) is 13.2 Å². The van der Waals surface area contributed by atoms with Crippen molar-refractivity contribution >= 4 is 27.4 Å². The molecule has 1 aromatic rings. The Morgan fingerprint density at radius 2 is 1.94 bits per heavy atom. The zero-order valence-corrected chi connectivity index (χ0v) is 10.4. The molecule has 4 N–H and O–H groups in total. The van der Waals surface area contributed by atoms with E-state index in [1.54, 1.807) is 6.92 Å². The molecule has 0 aliphatic heterocycles. The summed E-state index contributed by atoms with van der Waals surface area (Å²) in [5.74, 6) is -0.486. The summed E-state index contributed by atoms with van der Waals surface area (Å²) in [6, 6.07) is 5.33. The molecule has 1 rings (SSSR count).